The molecule has 0 atom stereocenters. The smallest absolute Gasteiger partial charge is 0.331 e. The molecule has 0 fully saturated rings. The lowest BCUT2D eigenvalue weighted by molar-refractivity contribution is -0.148. The molecule has 0 saturated heterocycles. The van der Waals surface area contributed by atoms with Crippen molar-refractivity contribution in [3.63, 3.8) is 0 Å². The maximum absolute atomic E-state index is 11.7. The second-order valence-corrected chi connectivity index (χ2v) is 5.61. The van der Waals surface area contributed by atoms with Gasteiger partial charge in [0.2, 0.25) is 0 Å². The van der Waals surface area contributed by atoms with Crippen LogP contribution in [-0.2, 0) is 9.53 Å². The molecule has 1 N–H and O–H groups in total. The standard InChI is InChI=1S/C16H19NO2/c1-11-10-17-13-7-5-6-12(15(11)13)8-9-14(18)19-16(2,3)4/h5-10,17H,1-4H3/b9-8+. The van der Waals surface area contributed by atoms with E-state index in [1.807, 2.05) is 52.1 Å². The molecule has 0 aliphatic carbocycles. The average Bonchev–Trinajstić information content (AvgIpc) is 2.67. The lowest BCUT2D eigenvalue weighted by Gasteiger charge is -2.17. The van der Waals surface area contributed by atoms with Crippen LogP contribution in [0.5, 0.6) is 0 Å². The van der Waals surface area contributed by atoms with Crippen molar-refractivity contribution in [2.24, 2.45) is 0 Å². The Morgan fingerprint density at radius 3 is 2.74 bits per heavy atom. The summed E-state index contributed by atoms with van der Waals surface area (Å²) < 4.78 is 5.25. The van der Waals surface area contributed by atoms with Crippen molar-refractivity contribution in [2.75, 3.05) is 0 Å². The summed E-state index contributed by atoms with van der Waals surface area (Å²) in [5.41, 5.74) is 2.79. The van der Waals surface area contributed by atoms with E-state index in [1.54, 1.807) is 6.08 Å². The van der Waals surface area contributed by atoms with E-state index in [1.165, 1.54) is 11.6 Å². The lowest BCUT2D eigenvalue weighted by Crippen LogP contribution is -2.22. The quantitative estimate of drug-likeness (QED) is 0.656. The highest BCUT2D eigenvalue weighted by atomic mass is 16.6. The minimum absolute atomic E-state index is 0.322. The van der Waals surface area contributed by atoms with E-state index in [0.29, 0.717) is 0 Å². The molecule has 1 aromatic carbocycles. The van der Waals surface area contributed by atoms with Crippen LogP contribution in [0.2, 0.25) is 0 Å². The van der Waals surface area contributed by atoms with Crippen molar-refractivity contribution >= 4 is 22.9 Å². The molecule has 1 heterocycles. The number of esters is 1. The molecule has 2 rings (SSSR count). The molecule has 0 bridgehead atoms. The van der Waals surface area contributed by atoms with Gasteiger partial charge in [0.25, 0.3) is 0 Å². The van der Waals surface area contributed by atoms with Gasteiger partial charge in [-0.2, -0.15) is 0 Å². The zero-order valence-corrected chi connectivity index (χ0v) is 11.8. The number of rotatable bonds is 2. The lowest BCUT2D eigenvalue weighted by atomic mass is 10.1. The molecule has 1 aromatic heterocycles. The van der Waals surface area contributed by atoms with E-state index in [0.717, 1.165) is 16.5 Å². The van der Waals surface area contributed by atoms with Gasteiger partial charge < -0.3 is 9.72 Å². The molecular formula is C16H19NO2. The highest BCUT2D eigenvalue weighted by molar-refractivity contribution is 5.95. The molecule has 0 amide bonds. The fourth-order valence-corrected chi connectivity index (χ4v) is 2.02. The van der Waals surface area contributed by atoms with Crippen LogP contribution >= 0.6 is 0 Å². The number of aromatic amines is 1. The zero-order chi connectivity index (χ0) is 14.0. The minimum Gasteiger partial charge on any atom is -0.457 e. The summed E-state index contributed by atoms with van der Waals surface area (Å²) >= 11 is 0. The number of hydrogen-bond acceptors (Lipinski definition) is 2. The third-order valence-corrected chi connectivity index (χ3v) is 2.74. The first kappa shape index (κ1) is 13.4. The van der Waals surface area contributed by atoms with E-state index >= 15 is 0 Å². The van der Waals surface area contributed by atoms with Gasteiger partial charge in [-0.15, -0.1) is 0 Å². The van der Waals surface area contributed by atoms with E-state index < -0.39 is 5.60 Å². The molecule has 0 aliphatic rings. The molecule has 19 heavy (non-hydrogen) atoms. The zero-order valence-electron chi connectivity index (χ0n) is 11.8. The Morgan fingerprint density at radius 2 is 2.05 bits per heavy atom. The normalized spacial score (nSPS) is 12.2. The minimum atomic E-state index is -0.461. The Balaban J connectivity index is 2.26. The second kappa shape index (κ2) is 4.92. The van der Waals surface area contributed by atoms with Crippen molar-refractivity contribution in [2.45, 2.75) is 33.3 Å². The summed E-state index contributed by atoms with van der Waals surface area (Å²) in [5, 5.41) is 1.14. The summed E-state index contributed by atoms with van der Waals surface area (Å²) in [6.07, 6.45) is 5.25. The predicted molar refractivity (Wildman–Crippen MR) is 77.9 cm³/mol. The summed E-state index contributed by atoms with van der Waals surface area (Å²) in [6, 6.07) is 5.98. The van der Waals surface area contributed by atoms with Crippen molar-refractivity contribution in [1.29, 1.82) is 0 Å². The Labute approximate surface area is 113 Å². The van der Waals surface area contributed by atoms with Crippen LogP contribution < -0.4 is 0 Å². The third kappa shape index (κ3) is 3.25. The Kier molecular flexibility index (Phi) is 3.47. The van der Waals surface area contributed by atoms with Crippen LogP contribution in [0.4, 0.5) is 0 Å². The van der Waals surface area contributed by atoms with Gasteiger partial charge in [0.15, 0.2) is 0 Å². The topological polar surface area (TPSA) is 42.1 Å². The number of carbonyl (C=O) groups excluding carboxylic acids is 1. The van der Waals surface area contributed by atoms with Crippen molar-refractivity contribution in [3.05, 3.63) is 41.6 Å². The van der Waals surface area contributed by atoms with Crippen LogP contribution in [0.3, 0.4) is 0 Å². The van der Waals surface area contributed by atoms with Crippen molar-refractivity contribution in [3.8, 4) is 0 Å². The SMILES string of the molecule is Cc1c[nH]c2cccc(/C=C/C(=O)OC(C)(C)C)c12. The van der Waals surface area contributed by atoms with Gasteiger partial charge in [-0.3, -0.25) is 0 Å². The number of aryl methyl sites for hydroxylation is 1. The van der Waals surface area contributed by atoms with Crippen molar-refractivity contribution < 1.29 is 9.53 Å². The fraction of sp³-hybridized carbons (Fsp3) is 0.312. The summed E-state index contributed by atoms with van der Waals surface area (Å²) in [4.78, 5) is 14.9. The van der Waals surface area contributed by atoms with Gasteiger partial charge in [-0.1, -0.05) is 12.1 Å². The maximum atomic E-state index is 11.7. The number of hydrogen-bond donors (Lipinski definition) is 1. The first-order chi connectivity index (χ1) is 8.87. The van der Waals surface area contributed by atoms with Gasteiger partial charge in [-0.25, -0.2) is 4.79 Å². The van der Waals surface area contributed by atoms with Crippen LogP contribution in [0.1, 0.15) is 31.9 Å². The van der Waals surface area contributed by atoms with E-state index in [9.17, 15) is 4.79 Å². The summed E-state index contributed by atoms with van der Waals surface area (Å²) in [5.74, 6) is -0.322. The molecule has 0 unspecified atom stereocenters. The van der Waals surface area contributed by atoms with Gasteiger partial charge in [0.05, 0.1) is 0 Å². The number of H-pyrrole nitrogens is 1. The highest BCUT2D eigenvalue weighted by Gasteiger charge is 2.14. The second-order valence-electron chi connectivity index (χ2n) is 5.61. The van der Waals surface area contributed by atoms with E-state index in [-0.39, 0.29) is 5.97 Å². The van der Waals surface area contributed by atoms with Crippen LogP contribution in [0.15, 0.2) is 30.5 Å². The number of aromatic nitrogens is 1. The molecule has 0 saturated carbocycles. The maximum Gasteiger partial charge on any atom is 0.331 e. The molecular weight excluding hydrogens is 238 g/mol. The van der Waals surface area contributed by atoms with E-state index in [4.69, 9.17) is 4.74 Å². The van der Waals surface area contributed by atoms with Gasteiger partial charge in [0, 0.05) is 23.2 Å². The van der Waals surface area contributed by atoms with Gasteiger partial charge >= 0.3 is 5.97 Å². The molecule has 2 aromatic rings. The monoisotopic (exact) mass is 257 g/mol. The Bertz CT molecular complexity index is 630. The Hall–Kier alpha value is -2.03. The van der Waals surface area contributed by atoms with Gasteiger partial charge in [0.1, 0.15) is 5.60 Å². The first-order valence-corrected chi connectivity index (χ1v) is 6.34. The molecule has 3 nitrogen and oxygen atoms in total. The predicted octanol–water partition coefficient (Wildman–Crippen LogP) is 3.83. The number of benzene rings is 1. The third-order valence-electron chi connectivity index (χ3n) is 2.74. The summed E-state index contributed by atoms with van der Waals surface area (Å²) in [7, 11) is 0. The summed E-state index contributed by atoms with van der Waals surface area (Å²) in [6.45, 7) is 7.62. The average molecular weight is 257 g/mol. The Morgan fingerprint density at radius 1 is 1.32 bits per heavy atom. The number of fused-ring (bicyclic) bond motifs is 1. The fourth-order valence-electron chi connectivity index (χ4n) is 2.02. The van der Waals surface area contributed by atoms with Crippen molar-refractivity contribution in [1.82, 2.24) is 4.98 Å². The number of nitrogens with one attached hydrogen (secondary N) is 1. The molecule has 3 heteroatoms. The van der Waals surface area contributed by atoms with Crippen LogP contribution in [-0.4, -0.2) is 16.6 Å². The number of ether oxygens (including phenoxy) is 1. The van der Waals surface area contributed by atoms with Crippen LogP contribution in [0, 0.1) is 6.92 Å². The van der Waals surface area contributed by atoms with Gasteiger partial charge in [-0.05, 0) is 51.0 Å². The molecule has 0 radical (unpaired) electrons. The highest BCUT2D eigenvalue weighted by Crippen LogP contribution is 2.23. The molecule has 0 aliphatic heterocycles. The van der Waals surface area contributed by atoms with Crippen LogP contribution in [0.25, 0.3) is 17.0 Å². The largest absolute Gasteiger partial charge is 0.457 e. The van der Waals surface area contributed by atoms with E-state index in [2.05, 4.69) is 4.98 Å². The number of carbonyl (C=O) groups is 1. The molecule has 0 spiro atoms. The first-order valence-electron chi connectivity index (χ1n) is 6.34. The molecule has 100 valence electrons.